The van der Waals surface area contributed by atoms with E-state index in [1.54, 1.807) is 0 Å². The Morgan fingerprint density at radius 2 is 2.15 bits per heavy atom. The molecule has 0 aliphatic carbocycles. The van der Waals surface area contributed by atoms with Gasteiger partial charge in [0.15, 0.2) is 0 Å². The van der Waals surface area contributed by atoms with E-state index in [-0.39, 0.29) is 11.8 Å². The van der Waals surface area contributed by atoms with E-state index in [2.05, 4.69) is 0 Å². The van der Waals surface area contributed by atoms with Crippen molar-refractivity contribution in [2.45, 2.75) is 16.9 Å². The molecule has 0 heterocycles. The maximum atomic E-state index is 12.6. The molecule has 0 radical (unpaired) electrons. The lowest BCUT2D eigenvalue weighted by molar-refractivity contribution is -0.137. The Morgan fingerprint density at radius 1 is 1.69 bits per heavy atom. The highest BCUT2D eigenvalue weighted by Gasteiger charge is 2.39. The second-order valence-electron chi connectivity index (χ2n) is 2.12. The van der Waals surface area contributed by atoms with Gasteiger partial charge in [-0.25, -0.2) is 13.2 Å². The number of thioether (sulfide) groups is 1. The van der Waals surface area contributed by atoms with Crippen molar-refractivity contribution in [3.05, 3.63) is 0 Å². The van der Waals surface area contributed by atoms with E-state index in [1.165, 1.54) is 0 Å². The molecule has 0 aromatic rings. The van der Waals surface area contributed by atoms with Gasteiger partial charge in [-0.1, -0.05) is 23.4 Å². The lowest BCUT2D eigenvalue weighted by atomic mass is 10.4. The van der Waals surface area contributed by atoms with Gasteiger partial charge >= 0.3 is 5.97 Å². The SMILES string of the molecule is N[C@@H](CSC(F)(Cl)C(F)F)C(=O)O. The molecule has 13 heavy (non-hydrogen) atoms. The molecule has 8 heteroatoms. The molecular formula is C5H7ClF3NO2S. The summed E-state index contributed by atoms with van der Waals surface area (Å²) >= 11 is 4.68. The van der Waals surface area contributed by atoms with Crippen LogP contribution in [0.5, 0.6) is 0 Å². The largest absolute Gasteiger partial charge is 0.480 e. The minimum Gasteiger partial charge on any atom is -0.480 e. The average Bonchev–Trinajstić information content (AvgIpc) is 1.99. The molecule has 1 unspecified atom stereocenters. The summed E-state index contributed by atoms with van der Waals surface area (Å²) in [6.45, 7) is 0. The second-order valence-corrected chi connectivity index (χ2v) is 4.11. The number of carbonyl (C=O) groups is 1. The van der Waals surface area contributed by atoms with Crippen LogP contribution >= 0.6 is 23.4 Å². The van der Waals surface area contributed by atoms with Gasteiger partial charge in [0.25, 0.3) is 10.9 Å². The number of hydrogen-bond acceptors (Lipinski definition) is 3. The lowest BCUT2D eigenvalue weighted by Gasteiger charge is -2.16. The Balaban J connectivity index is 3.95. The van der Waals surface area contributed by atoms with Crippen LogP contribution in [0.1, 0.15) is 0 Å². The number of alkyl halides is 4. The van der Waals surface area contributed by atoms with Gasteiger partial charge in [0.1, 0.15) is 6.04 Å². The normalized spacial score (nSPS) is 18.3. The number of aliphatic carboxylic acids is 1. The Labute approximate surface area is 81.4 Å². The Kier molecular flexibility index (Phi) is 4.87. The summed E-state index contributed by atoms with van der Waals surface area (Å²) in [5.74, 6) is -1.91. The minimum atomic E-state index is -3.39. The maximum Gasteiger partial charge on any atom is 0.321 e. The number of carboxylic acid groups (broad SMARTS) is 1. The second kappa shape index (κ2) is 4.92. The van der Waals surface area contributed by atoms with Crippen molar-refractivity contribution < 1.29 is 23.1 Å². The molecule has 0 aliphatic heterocycles. The van der Waals surface area contributed by atoms with Crippen LogP contribution in [0.25, 0.3) is 0 Å². The predicted octanol–water partition coefficient (Wildman–Crippen LogP) is 1.26. The Morgan fingerprint density at radius 3 is 2.46 bits per heavy atom. The number of hydrogen-bond donors (Lipinski definition) is 2. The minimum absolute atomic E-state index is 0.0338. The summed E-state index contributed by atoms with van der Waals surface area (Å²) in [7, 11) is 0. The first-order valence-electron chi connectivity index (χ1n) is 3.05. The highest BCUT2D eigenvalue weighted by Crippen LogP contribution is 2.37. The molecular weight excluding hydrogens is 231 g/mol. The molecule has 78 valence electrons. The van der Waals surface area contributed by atoms with E-state index in [0.717, 1.165) is 0 Å². The molecule has 3 nitrogen and oxygen atoms in total. The van der Waals surface area contributed by atoms with Gasteiger partial charge in [-0.2, -0.15) is 0 Å². The molecule has 0 saturated carbocycles. The van der Waals surface area contributed by atoms with Crippen LogP contribution in [0, 0.1) is 0 Å². The zero-order chi connectivity index (χ0) is 10.6. The summed E-state index contributed by atoms with van der Waals surface area (Å²) < 4.78 is 32.8. The lowest BCUT2D eigenvalue weighted by Crippen LogP contribution is -2.35. The van der Waals surface area contributed by atoms with E-state index in [0.29, 0.717) is 0 Å². The third-order valence-electron chi connectivity index (χ3n) is 1.03. The summed E-state index contributed by atoms with van der Waals surface area (Å²) in [5, 5.41) is 8.23. The van der Waals surface area contributed by atoms with Crippen LogP contribution in [-0.4, -0.2) is 33.8 Å². The quantitative estimate of drug-likeness (QED) is 0.707. The van der Waals surface area contributed by atoms with E-state index in [1.807, 2.05) is 0 Å². The fourth-order valence-corrected chi connectivity index (χ4v) is 1.19. The number of halogens is 4. The fourth-order valence-electron chi connectivity index (χ4n) is 0.335. The van der Waals surface area contributed by atoms with Crippen molar-refractivity contribution in [1.82, 2.24) is 0 Å². The van der Waals surface area contributed by atoms with Crippen molar-refractivity contribution in [3.63, 3.8) is 0 Å². The Bertz CT molecular complexity index is 193. The first-order chi connectivity index (χ1) is 5.77. The molecule has 0 amide bonds. The van der Waals surface area contributed by atoms with Crippen molar-refractivity contribution >= 4 is 29.3 Å². The van der Waals surface area contributed by atoms with Gasteiger partial charge in [-0.3, -0.25) is 4.79 Å². The molecule has 0 saturated heterocycles. The van der Waals surface area contributed by atoms with Crippen molar-refractivity contribution in [2.24, 2.45) is 5.73 Å². The molecule has 0 spiro atoms. The number of rotatable bonds is 5. The van der Waals surface area contributed by atoms with Gasteiger partial charge in [0.05, 0.1) is 0 Å². The van der Waals surface area contributed by atoms with Gasteiger partial charge < -0.3 is 10.8 Å². The van der Waals surface area contributed by atoms with Crippen LogP contribution in [0.4, 0.5) is 13.2 Å². The third kappa shape index (κ3) is 4.58. The van der Waals surface area contributed by atoms with Crippen LogP contribution in [-0.2, 0) is 4.79 Å². The zero-order valence-electron chi connectivity index (χ0n) is 6.21. The smallest absolute Gasteiger partial charge is 0.321 e. The molecule has 0 aromatic heterocycles. The van der Waals surface area contributed by atoms with Crippen LogP contribution in [0.2, 0.25) is 0 Å². The van der Waals surface area contributed by atoms with Gasteiger partial charge in [0.2, 0.25) is 0 Å². The van der Waals surface area contributed by atoms with E-state index in [9.17, 15) is 18.0 Å². The monoisotopic (exact) mass is 237 g/mol. The van der Waals surface area contributed by atoms with E-state index >= 15 is 0 Å². The van der Waals surface area contributed by atoms with Gasteiger partial charge in [-0.05, 0) is 0 Å². The number of carboxylic acids is 1. The fraction of sp³-hybridized carbons (Fsp3) is 0.800. The van der Waals surface area contributed by atoms with Crippen molar-refractivity contribution in [3.8, 4) is 0 Å². The molecule has 0 rings (SSSR count). The molecule has 3 N–H and O–H groups in total. The number of nitrogens with two attached hydrogens (primary N) is 1. The zero-order valence-corrected chi connectivity index (χ0v) is 7.79. The topological polar surface area (TPSA) is 63.3 Å². The van der Waals surface area contributed by atoms with E-state index < -0.39 is 28.6 Å². The van der Waals surface area contributed by atoms with Gasteiger partial charge in [0, 0.05) is 5.75 Å². The predicted molar refractivity (Wildman–Crippen MR) is 43.8 cm³/mol. The van der Waals surface area contributed by atoms with E-state index in [4.69, 9.17) is 22.4 Å². The standard InChI is InChI=1S/C5H7ClF3NO2S/c6-5(9,4(7)8)13-1-2(10)3(11)12/h2,4H,1,10H2,(H,11,12)/t2-,5?/m0/s1. The van der Waals surface area contributed by atoms with Crippen molar-refractivity contribution in [1.29, 1.82) is 0 Å². The highest BCUT2D eigenvalue weighted by molar-refractivity contribution is 8.01. The molecule has 0 fully saturated rings. The molecule has 0 aliphatic rings. The van der Waals surface area contributed by atoms with Crippen LogP contribution in [0.3, 0.4) is 0 Å². The molecule has 0 aromatic carbocycles. The molecule has 2 atom stereocenters. The summed E-state index contributed by atoms with van der Waals surface area (Å²) in [6, 6.07) is -1.40. The maximum absolute atomic E-state index is 12.6. The first kappa shape index (κ1) is 12.9. The van der Waals surface area contributed by atoms with Gasteiger partial charge in [-0.15, -0.1) is 0 Å². The van der Waals surface area contributed by atoms with Crippen LogP contribution < -0.4 is 5.73 Å². The summed E-state index contributed by atoms with van der Waals surface area (Å²) in [4.78, 5) is 10.1. The average molecular weight is 238 g/mol. The molecule has 0 bridgehead atoms. The highest BCUT2D eigenvalue weighted by atomic mass is 35.5. The Hall–Kier alpha value is -0.140. The first-order valence-corrected chi connectivity index (χ1v) is 4.42. The summed E-state index contributed by atoms with van der Waals surface area (Å²) in [6.07, 6.45) is -3.39. The van der Waals surface area contributed by atoms with Crippen LogP contribution in [0.15, 0.2) is 0 Å². The van der Waals surface area contributed by atoms with Crippen molar-refractivity contribution in [2.75, 3.05) is 5.75 Å². The summed E-state index contributed by atoms with van der Waals surface area (Å²) in [5.41, 5.74) is 4.93. The third-order valence-corrected chi connectivity index (χ3v) is 2.61.